The summed E-state index contributed by atoms with van der Waals surface area (Å²) in [5.74, 6) is 1.46. The van der Waals surface area contributed by atoms with Gasteiger partial charge in [-0.2, -0.15) is 5.10 Å². The Morgan fingerprint density at radius 1 is 1.11 bits per heavy atom. The Kier molecular flexibility index (Phi) is 6.38. The molecule has 0 saturated carbocycles. The normalized spacial score (nSPS) is 17.4. The lowest BCUT2D eigenvalue weighted by Gasteiger charge is -2.39. The topological polar surface area (TPSA) is 77.3 Å². The highest BCUT2D eigenvalue weighted by Crippen LogP contribution is 2.42. The Morgan fingerprint density at radius 3 is 2.60 bits per heavy atom. The van der Waals surface area contributed by atoms with Gasteiger partial charge >= 0.3 is 0 Å². The molecular formula is C27H32N4O4. The molecule has 0 spiro atoms. The maximum Gasteiger partial charge on any atom is 0.254 e. The number of hydrogen-bond donors (Lipinski definition) is 1. The van der Waals surface area contributed by atoms with Crippen LogP contribution in [-0.4, -0.2) is 56.0 Å². The highest BCUT2D eigenvalue weighted by molar-refractivity contribution is 5.87. The molecular weight excluding hydrogens is 444 g/mol. The Balaban J connectivity index is 1.30. The minimum Gasteiger partial charge on any atom is -0.493 e. The van der Waals surface area contributed by atoms with E-state index in [0.29, 0.717) is 23.8 Å². The maximum absolute atomic E-state index is 12.8. The number of nitrogens with one attached hydrogen (secondary N) is 1. The average Bonchev–Trinajstić information content (AvgIpc) is 3.19. The molecule has 0 unspecified atom stereocenters. The fourth-order valence-electron chi connectivity index (χ4n) is 5.55. The van der Waals surface area contributed by atoms with Crippen LogP contribution >= 0.6 is 0 Å². The zero-order chi connectivity index (χ0) is 24.5. The van der Waals surface area contributed by atoms with Gasteiger partial charge in [-0.1, -0.05) is 11.6 Å². The second-order valence-corrected chi connectivity index (χ2v) is 9.17. The zero-order valence-corrected chi connectivity index (χ0v) is 20.8. The standard InChI is InChI=1S/C27H32N4O4/c1-17-8-9-21-20(12-17)19-6-5-7-22-26(19)31(21)11-10-30(22)16-25(32)29-28-15-18-13-23(33-2)27(35-4)24(14-18)34-3/h8-9,12-15,22H,5-7,10-11,16H2,1-4H3,(H,29,32)/b28-15-/t22-/m1/s1. The van der Waals surface area contributed by atoms with Gasteiger partial charge in [0.25, 0.3) is 5.91 Å². The summed E-state index contributed by atoms with van der Waals surface area (Å²) in [6.45, 7) is 4.21. The molecule has 8 heteroatoms. The third-order valence-corrected chi connectivity index (χ3v) is 7.08. The molecule has 2 heterocycles. The van der Waals surface area contributed by atoms with Gasteiger partial charge in [-0.05, 0) is 56.0 Å². The molecule has 2 aliphatic rings. The van der Waals surface area contributed by atoms with Crippen LogP contribution in [0, 0.1) is 6.92 Å². The van der Waals surface area contributed by atoms with Crippen LogP contribution in [0.15, 0.2) is 35.4 Å². The Bertz CT molecular complexity index is 1270. The van der Waals surface area contributed by atoms with E-state index in [4.69, 9.17) is 14.2 Å². The van der Waals surface area contributed by atoms with E-state index in [1.165, 1.54) is 27.7 Å². The van der Waals surface area contributed by atoms with E-state index in [-0.39, 0.29) is 11.9 Å². The fraction of sp³-hybridized carbons (Fsp3) is 0.407. The van der Waals surface area contributed by atoms with Gasteiger partial charge < -0.3 is 18.8 Å². The molecule has 5 rings (SSSR count). The van der Waals surface area contributed by atoms with Crippen LogP contribution < -0.4 is 19.6 Å². The van der Waals surface area contributed by atoms with Gasteiger partial charge in [0.2, 0.25) is 5.75 Å². The minimum atomic E-state index is -0.124. The van der Waals surface area contributed by atoms with Crippen molar-refractivity contribution in [2.24, 2.45) is 5.10 Å². The summed E-state index contributed by atoms with van der Waals surface area (Å²) in [6, 6.07) is 10.6. The van der Waals surface area contributed by atoms with Crippen molar-refractivity contribution in [1.82, 2.24) is 14.9 Å². The number of hydrazone groups is 1. The summed E-state index contributed by atoms with van der Waals surface area (Å²) in [7, 11) is 4.69. The molecule has 1 N–H and O–H groups in total. The van der Waals surface area contributed by atoms with Crippen molar-refractivity contribution in [3.05, 3.63) is 52.7 Å². The average molecular weight is 477 g/mol. The van der Waals surface area contributed by atoms with Gasteiger partial charge in [0, 0.05) is 35.2 Å². The molecule has 3 aromatic rings. The molecule has 1 atom stereocenters. The Labute approximate surface area is 205 Å². The van der Waals surface area contributed by atoms with Crippen molar-refractivity contribution >= 4 is 23.0 Å². The first-order chi connectivity index (χ1) is 17.0. The molecule has 1 amide bonds. The first-order valence-corrected chi connectivity index (χ1v) is 12.0. The number of hydrogen-bond acceptors (Lipinski definition) is 6. The quantitative estimate of drug-likeness (QED) is 0.414. The number of amides is 1. The van der Waals surface area contributed by atoms with E-state index in [0.717, 1.165) is 37.9 Å². The second kappa shape index (κ2) is 9.62. The van der Waals surface area contributed by atoms with Crippen LogP contribution in [0.25, 0.3) is 10.9 Å². The summed E-state index contributed by atoms with van der Waals surface area (Å²) in [4.78, 5) is 15.1. The molecule has 8 nitrogen and oxygen atoms in total. The molecule has 184 valence electrons. The lowest BCUT2D eigenvalue weighted by atomic mass is 9.89. The summed E-state index contributed by atoms with van der Waals surface area (Å²) in [5.41, 5.74) is 8.90. The lowest BCUT2D eigenvalue weighted by molar-refractivity contribution is -0.123. The van der Waals surface area contributed by atoms with Gasteiger partial charge in [0.1, 0.15) is 0 Å². The minimum absolute atomic E-state index is 0.124. The van der Waals surface area contributed by atoms with Gasteiger partial charge in [-0.15, -0.1) is 0 Å². The molecule has 0 fully saturated rings. The number of benzene rings is 2. The summed E-state index contributed by atoms with van der Waals surface area (Å²) >= 11 is 0. The van der Waals surface area contributed by atoms with Crippen LogP contribution in [-0.2, 0) is 17.8 Å². The first-order valence-electron chi connectivity index (χ1n) is 12.0. The Morgan fingerprint density at radius 2 is 1.89 bits per heavy atom. The van der Waals surface area contributed by atoms with Gasteiger partial charge in [-0.3, -0.25) is 9.69 Å². The van der Waals surface area contributed by atoms with Crippen molar-refractivity contribution in [3.63, 3.8) is 0 Å². The van der Waals surface area contributed by atoms with Crippen LogP contribution in [0.1, 0.15) is 41.3 Å². The lowest BCUT2D eigenvalue weighted by Crippen LogP contribution is -2.44. The van der Waals surface area contributed by atoms with E-state index in [1.54, 1.807) is 39.7 Å². The molecule has 0 bridgehead atoms. The zero-order valence-electron chi connectivity index (χ0n) is 20.8. The number of carbonyl (C=O) groups excluding carboxylic acids is 1. The molecule has 1 aliphatic carbocycles. The molecule has 0 radical (unpaired) electrons. The van der Waals surface area contributed by atoms with E-state index in [1.807, 2.05) is 0 Å². The highest BCUT2D eigenvalue weighted by Gasteiger charge is 2.35. The van der Waals surface area contributed by atoms with Gasteiger partial charge in [0.15, 0.2) is 11.5 Å². The summed E-state index contributed by atoms with van der Waals surface area (Å²) < 4.78 is 18.6. The molecule has 1 aliphatic heterocycles. The van der Waals surface area contributed by atoms with Crippen molar-refractivity contribution < 1.29 is 19.0 Å². The number of aromatic nitrogens is 1. The van der Waals surface area contributed by atoms with E-state index < -0.39 is 0 Å². The fourth-order valence-corrected chi connectivity index (χ4v) is 5.55. The predicted octanol–water partition coefficient (Wildman–Crippen LogP) is 3.82. The first kappa shape index (κ1) is 23.2. The second-order valence-electron chi connectivity index (χ2n) is 9.17. The van der Waals surface area contributed by atoms with Crippen molar-refractivity contribution in [2.45, 2.75) is 38.8 Å². The van der Waals surface area contributed by atoms with Crippen LogP contribution in [0.5, 0.6) is 17.2 Å². The number of nitrogens with zero attached hydrogens (tertiary/aromatic N) is 3. The van der Waals surface area contributed by atoms with E-state index in [9.17, 15) is 4.79 Å². The Hall–Kier alpha value is -3.52. The smallest absolute Gasteiger partial charge is 0.254 e. The number of fused-ring (bicyclic) bond motifs is 3. The number of aryl methyl sites for hydroxylation is 2. The third-order valence-electron chi connectivity index (χ3n) is 7.08. The molecule has 35 heavy (non-hydrogen) atoms. The maximum atomic E-state index is 12.8. The predicted molar refractivity (Wildman–Crippen MR) is 136 cm³/mol. The van der Waals surface area contributed by atoms with Gasteiger partial charge in [0.05, 0.1) is 40.1 Å². The number of rotatable bonds is 7. The summed E-state index contributed by atoms with van der Waals surface area (Å²) in [6.07, 6.45) is 4.90. The number of carbonyl (C=O) groups is 1. The van der Waals surface area contributed by atoms with Crippen molar-refractivity contribution in [3.8, 4) is 17.2 Å². The van der Waals surface area contributed by atoms with Crippen LogP contribution in [0.3, 0.4) is 0 Å². The molecule has 0 saturated heterocycles. The van der Waals surface area contributed by atoms with E-state index >= 15 is 0 Å². The monoisotopic (exact) mass is 476 g/mol. The van der Waals surface area contributed by atoms with Gasteiger partial charge in [-0.25, -0.2) is 5.43 Å². The largest absolute Gasteiger partial charge is 0.493 e. The number of ether oxygens (including phenoxy) is 3. The SMILES string of the molecule is COc1cc(/C=N\NC(=O)CN2CCn3c4c(c5cc(C)ccc53)CCC[C@H]42)cc(OC)c1OC. The van der Waals surface area contributed by atoms with Crippen LogP contribution in [0.4, 0.5) is 0 Å². The van der Waals surface area contributed by atoms with Crippen molar-refractivity contribution in [1.29, 1.82) is 0 Å². The molecule has 2 aromatic carbocycles. The highest BCUT2D eigenvalue weighted by atomic mass is 16.5. The summed E-state index contributed by atoms with van der Waals surface area (Å²) in [5, 5.41) is 5.56. The van der Waals surface area contributed by atoms with Crippen LogP contribution in [0.2, 0.25) is 0 Å². The third kappa shape index (κ3) is 4.23. The number of methoxy groups -OCH3 is 3. The molecule has 1 aromatic heterocycles. The van der Waals surface area contributed by atoms with Crippen molar-refractivity contribution in [2.75, 3.05) is 34.4 Å². The van der Waals surface area contributed by atoms with E-state index in [2.05, 4.69) is 45.1 Å².